The zero-order valence-electron chi connectivity index (χ0n) is 14.3. The number of cyclic esters (lactones) is 1. The van der Waals surface area contributed by atoms with E-state index in [0.29, 0.717) is 24.3 Å². The number of aromatic hydroxyl groups is 2. The van der Waals surface area contributed by atoms with E-state index in [1.54, 1.807) is 0 Å². The highest BCUT2D eigenvalue weighted by Crippen LogP contribution is 2.29. The van der Waals surface area contributed by atoms with Crippen molar-refractivity contribution in [3.05, 3.63) is 47.6 Å². The van der Waals surface area contributed by atoms with Crippen LogP contribution in [0.15, 0.2) is 41.6 Å². The molecule has 1 aliphatic rings. The lowest BCUT2D eigenvalue weighted by atomic mass is 10.00. The maximum atomic E-state index is 12.4. The number of carbonyl (C=O) groups excluding carboxylic acids is 1. The van der Waals surface area contributed by atoms with Crippen LogP contribution in [0.3, 0.4) is 0 Å². The van der Waals surface area contributed by atoms with Gasteiger partial charge in [0.2, 0.25) is 0 Å². The summed E-state index contributed by atoms with van der Waals surface area (Å²) in [5.41, 5.74) is 1.05. The lowest BCUT2D eigenvalue weighted by Gasteiger charge is -2.12. The Labute approximate surface area is 147 Å². The summed E-state index contributed by atoms with van der Waals surface area (Å²) in [5, 5.41) is 23.9. The van der Waals surface area contributed by atoms with Crippen molar-refractivity contribution in [1.29, 1.82) is 0 Å². The Hall–Kier alpha value is -2.76. The van der Waals surface area contributed by atoms with Gasteiger partial charge in [-0.15, -0.1) is 0 Å². The number of phenolic OH excluding ortho intramolecular Hbond substituents is 2. The number of nitrogens with zero attached hydrogens (tertiary/aromatic N) is 1. The van der Waals surface area contributed by atoms with Gasteiger partial charge in [0.15, 0.2) is 0 Å². The van der Waals surface area contributed by atoms with E-state index in [9.17, 15) is 15.0 Å². The Morgan fingerprint density at radius 1 is 1.16 bits per heavy atom. The normalized spacial score (nSPS) is 20.2. The minimum absolute atomic E-state index is 0.0384. The van der Waals surface area contributed by atoms with E-state index in [0.717, 1.165) is 18.9 Å². The van der Waals surface area contributed by atoms with E-state index in [2.05, 4.69) is 5.16 Å². The van der Waals surface area contributed by atoms with E-state index in [1.807, 2.05) is 31.2 Å². The molecule has 134 valence electrons. The fourth-order valence-electron chi connectivity index (χ4n) is 2.45. The van der Waals surface area contributed by atoms with Crippen LogP contribution in [0.5, 0.6) is 11.5 Å². The van der Waals surface area contributed by atoms with E-state index >= 15 is 0 Å². The maximum Gasteiger partial charge on any atom is 0.342 e. The number of oxime groups is 1. The molecule has 0 radical (unpaired) electrons. The lowest BCUT2D eigenvalue weighted by Crippen LogP contribution is -2.12. The molecule has 0 saturated carbocycles. The molecule has 0 saturated heterocycles. The van der Waals surface area contributed by atoms with Gasteiger partial charge in [-0.05, 0) is 43.9 Å². The van der Waals surface area contributed by atoms with Crippen molar-refractivity contribution in [1.82, 2.24) is 0 Å². The molecular weight excluding hydrogens is 322 g/mol. The van der Waals surface area contributed by atoms with Gasteiger partial charge in [-0.3, -0.25) is 0 Å². The summed E-state index contributed by atoms with van der Waals surface area (Å²) in [4.78, 5) is 17.5. The first kappa shape index (κ1) is 18.6. The van der Waals surface area contributed by atoms with Crippen molar-refractivity contribution in [3.8, 4) is 11.5 Å². The van der Waals surface area contributed by atoms with Crippen molar-refractivity contribution in [2.75, 3.05) is 13.2 Å². The van der Waals surface area contributed by atoms with Crippen molar-refractivity contribution in [2.45, 2.75) is 32.6 Å². The summed E-state index contributed by atoms with van der Waals surface area (Å²) in [7, 11) is 0. The Morgan fingerprint density at radius 3 is 2.72 bits per heavy atom. The van der Waals surface area contributed by atoms with Crippen LogP contribution >= 0.6 is 0 Å². The molecule has 0 fully saturated rings. The zero-order chi connectivity index (χ0) is 18.1. The van der Waals surface area contributed by atoms with Crippen LogP contribution in [0.4, 0.5) is 0 Å². The van der Waals surface area contributed by atoms with Crippen molar-refractivity contribution < 1.29 is 24.6 Å². The van der Waals surface area contributed by atoms with Gasteiger partial charge in [0, 0.05) is 12.5 Å². The third kappa shape index (κ3) is 5.67. The van der Waals surface area contributed by atoms with E-state index in [1.165, 1.54) is 6.07 Å². The number of hydrogen-bond acceptors (Lipinski definition) is 6. The van der Waals surface area contributed by atoms with Crippen LogP contribution in [0.1, 0.15) is 42.1 Å². The molecule has 0 spiro atoms. The first-order valence-corrected chi connectivity index (χ1v) is 8.34. The van der Waals surface area contributed by atoms with Gasteiger partial charge in [-0.1, -0.05) is 23.4 Å². The summed E-state index contributed by atoms with van der Waals surface area (Å²) in [6.07, 6.45) is 10.4. The van der Waals surface area contributed by atoms with Crippen LogP contribution in [0.25, 0.3) is 0 Å². The number of rotatable bonds is 2. The molecule has 25 heavy (non-hydrogen) atoms. The van der Waals surface area contributed by atoms with Crippen LogP contribution < -0.4 is 0 Å². The summed E-state index contributed by atoms with van der Waals surface area (Å²) in [5.74, 6) is -1.08. The standard InChI is InChI=1S/C19H23NO5/c1-2-25-20-15-9-7-5-3-4-6-8-10-24-19(23)18-14(11-15)12-16(21)13-17(18)22/h4,6-7,9,12-13,21-22H,2-3,5,8,10-11H2,1H3/b6-4+,9-7+,20-15-. The molecular formula is C19H23NO5. The van der Waals surface area contributed by atoms with Gasteiger partial charge in [-0.25, -0.2) is 4.79 Å². The molecule has 1 aliphatic heterocycles. The second-order valence-electron chi connectivity index (χ2n) is 5.55. The minimum Gasteiger partial charge on any atom is -0.508 e. The molecule has 0 unspecified atom stereocenters. The summed E-state index contributed by atoms with van der Waals surface area (Å²) in [6, 6.07) is 2.55. The number of phenols is 2. The molecule has 0 aliphatic carbocycles. The highest BCUT2D eigenvalue weighted by Gasteiger charge is 2.20. The van der Waals surface area contributed by atoms with Gasteiger partial charge in [-0.2, -0.15) is 0 Å². The predicted molar refractivity (Wildman–Crippen MR) is 95.0 cm³/mol. The monoisotopic (exact) mass is 345 g/mol. The Morgan fingerprint density at radius 2 is 1.92 bits per heavy atom. The van der Waals surface area contributed by atoms with Crippen LogP contribution in [0.2, 0.25) is 0 Å². The first-order valence-electron chi connectivity index (χ1n) is 8.34. The molecule has 0 atom stereocenters. The van der Waals surface area contributed by atoms with Crippen molar-refractivity contribution >= 4 is 11.7 Å². The maximum absolute atomic E-state index is 12.4. The molecule has 1 aromatic carbocycles. The third-order valence-corrected chi connectivity index (χ3v) is 3.57. The van der Waals surface area contributed by atoms with Gasteiger partial charge in [0.05, 0.1) is 12.3 Å². The number of hydrogen-bond donors (Lipinski definition) is 2. The highest BCUT2D eigenvalue weighted by molar-refractivity contribution is 6.00. The smallest absolute Gasteiger partial charge is 0.342 e. The van der Waals surface area contributed by atoms with E-state index in [-0.39, 0.29) is 30.1 Å². The fraction of sp³-hybridized carbons (Fsp3) is 0.368. The number of allylic oxidation sites excluding steroid dienone is 3. The van der Waals surface area contributed by atoms with Crippen LogP contribution in [-0.2, 0) is 16.0 Å². The van der Waals surface area contributed by atoms with E-state index in [4.69, 9.17) is 9.57 Å². The Bertz CT molecular complexity index is 691. The molecule has 0 aromatic heterocycles. The molecule has 2 rings (SSSR count). The van der Waals surface area contributed by atoms with Gasteiger partial charge < -0.3 is 19.8 Å². The minimum atomic E-state index is -0.627. The number of fused-ring (bicyclic) bond motifs is 1. The van der Waals surface area contributed by atoms with Gasteiger partial charge in [0.25, 0.3) is 0 Å². The summed E-state index contributed by atoms with van der Waals surface area (Å²) >= 11 is 0. The molecule has 6 nitrogen and oxygen atoms in total. The van der Waals surface area contributed by atoms with Gasteiger partial charge >= 0.3 is 5.97 Å². The average Bonchev–Trinajstić information content (AvgIpc) is 2.56. The van der Waals surface area contributed by atoms with Gasteiger partial charge in [0.1, 0.15) is 23.7 Å². The number of esters is 1. The Balaban J connectivity index is 2.42. The van der Waals surface area contributed by atoms with Crippen molar-refractivity contribution in [2.24, 2.45) is 5.16 Å². The second kappa shape index (κ2) is 9.52. The fourth-order valence-corrected chi connectivity index (χ4v) is 2.45. The predicted octanol–water partition coefficient (Wildman–Crippen LogP) is 3.49. The SMILES string of the molecule is CCO/N=C1/C=C/CC/C=C/CCOC(=O)c2c(O)cc(O)cc2C1. The van der Waals surface area contributed by atoms with E-state index < -0.39 is 5.97 Å². The summed E-state index contributed by atoms with van der Waals surface area (Å²) in [6.45, 7) is 2.47. The molecule has 1 aromatic rings. The topological polar surface area (TPSA) is 88.4 Å². The third-order valence-electron chi connectivity index (χ3n) is 3.57. The molecule has 0 amide bonds. The Kier molecular flexibility index (Phi) is 7.07. The number of benzene rings is 1. The number of carbonyl (C=O) groups is 1. The lowest BCUT2D eigenvalue weighted by molar-refractivity contribution is 0.0507. The molecule has 1 heterocycles. The second-order valence-corrected chi connectivity index (χ2v) is 5.55. The first-order chi connectivity index (χ1) is 12.1. The summed E-state index contributed by atoms with van der Waals surface area (Å²) < 4.78 is 5.23. The molecule has 6 heteroatoms. The zero-order valence-corrected chi connectivity index (χ0v) is 14.3. The molecule has 0 bridgehead atoms. The highest BCUT2D eigenvalue weighted by atomic mass is 16.6. The average molecular weight is 345 g/mol. The largest absolute Gasteiger partial charge is 0.508 e. The number of ether oxygens (including phenoxy) is 1. The van der Waals surface area contributed by atoms with Crippen molar-refractivity contribution in [3.63, 3.8) is 0 Å². The van der Waals surface area contributed by atoms with Crippen LogP contribution in [0, 0.1) is 0 Å². The quantitative estimate of drug-likeness (QED) is 0.487. The van der Waals surface area contributed by atoms with Crippen LogP contribution in [-0.4, -0.2) is 35.1 Å². The molecule has 2 N–H and O–H groups in total.